The summed E-state index contributed by atoms with van der Waals surface area (Å²) in [6, 6.07) is 0.493. The van der Waals surface area contributed by atoms with Gasteiger partial charge in [0.15, 0.2) is 11.6 Å². The first-order valence-corrected chi connectivity index (χ1v) is 3.26. The van der Waals surface area contributed by atoms with Gasteiger partial charge in [0.1, 0.15) is 5.82 Å². The fourth-order valence-corrected chi connectivity index (χ4v) is 0.907. The Bertz CT molecular complexity index is 283. The van der Waals surface area contributed by atoms with Gasteiger partial charge in [-0.15, -0.1) is 0 Å². The van der Waals surface area contributed by atoms with Crippen molar-refractivity contribution < 1.29 is 17.9 Å². The summed E-state index contributed by atoms with van der Waals surface area (Å²) in [5.41, 5.74) is -0.0311. The lowest BCUT2D eigenvalue weighted by Gasteiger charge is -2.06. The van der Waals surface area contributed by atoms with E-state index in [-0.39, 0.29) is 11.3 Å². The van der Waals surface area contributed by atoms with E-state index in [1.165, 1.54) is 6.92 Å². The molecule has 0 fully saturated rings. The number of rotatable bonds is 1. The van der Waals surface area contributed by atoms with Crippen LogP contribution >= 0.6 is 0 Å². The van der Waals surface area contributed by atoms with E-state index < -0.39 is 17.5 Å². The number of methoxy groups -OCH3 is 1. The van der Waals surface area contributed by atoms with E-state index in [1.54, 1.807) is 0 Å². The van der Waals surface area contributed by atoms with Crippen LogP contribution in [0.1, 0.15) is 5.56 Å². The average Bonchev–Trinajstić information content (AvgIpc) is 2.02. The van der Waals surface area contributed by atoms with E-state index >= 15 is 0 Å². The minimum absolute atomic E-state index is 0.0311. The van der Waals surface area contributed by atoms with Gasteiger partial charge in [0.25, 0.3) is 0 Å². The Hall–Kier alpha value is -1.19. The molecule has 0 aliphatic rings. The van der Waals surface area contributed by atoms with E-state index in [0.717, 1.165) is 7.11 Å². The second-order valence-corrected chi connectivity index (χ2v) is 2.31. The van der Waals surface area contributed by atoms with Crippen molar-refractivity contribution in [1.82, 2.24) is 0 Å². The SMILES string of the molecule is COc1c(C)c(F)cc(F)c1F. The van der Waals surface area contributed by atoms with Gasteiger partial charge in [-0.1, -0.05) is 0 Å². The van der Waals surface area contributed by atoms with Gasteiger partial charge in [-0.2, -0.15) is 4.39 Å². The molecule has 0 heterocycles. The summed E-state index contributed by atoms with van der Waals surface area (Å²) in [5.74, 6) is -3.59. The molecular formula is C8H7F3O. The fourth-order valence-electron chi connectivity index (χ4n) is 0.907. The van der Waals surface area contributed by atoms with Crippen molar-refractivity contribution in [2.24, 2.45) is 0 Å². The number of benzene rings is 1. The van der Waals surface area contributed by atoms with Crippen LogP contribution in [0.3, 0.4) is 0 Å². The van der Waals surface area contributed by atoms with Gasteiger partial charge >= 0.3 is 0 Å². The Morgan fingerprint density at radius 3 is 2.25 bits per heavy atom. The highest BCUT2D eigenvalue weighted by molar-refractivity contribution is 5.35. The minimum atomic E-state index is -1.24. The Morgan fingerprint density at radius 1 is 1.17 bits per heavy atom. The molecule has 1 aromatic carbocycles. The van der Waals surface area contributed by atoms with Gasteiger partial charge in [-0.05, 0) is 6.92 Å². The molecule has 1 nitrogen and oxygen atoms in total. The first-order valence-electron chi connectivity index (χ1n) is 3.26. The summed E-state index contributed by atoms with van der Waals surface area (Å²) in [4.78, 5) is 0. The molecule has 0 atom stereocenters. The Kier molecular flexibility index (Phi) is 2.26. The zero-order valence-electron chi connectivity index (χ0n) is 6.62. The number of hydrogen-bond donors (Lipinski definition) is 0. The monoisotopic (exact) mass is 176 g/mol. The molecule has 1 rings (SSSR count). The number of ether oxygens (including phenoxy) is 1. The van der Waals surface area contributed by atoms with Gasteiger partial charge in [0.05, 0.1) is 7.11 Å². The highest BCUT2D eigenvalue weighted by Gasteiger charge is 2.15. The van der Waals surface area contributed by atoms with Gasteiger partial charge in [-0.3, -0.25) is 0 Å². The first kappa shape index (κ1) is 8.90. The highest BCUT2D eigenvalue weighted by Crippen LogP contribution is 2.26. The van der Waals surface area contributed by atoms with Crippen LogP contribution in [-0.2, 0) is 0 Å². The molecule has 0 aromatic heterocycles. The van der Waals surface area contributed by atoms with Crippen LogP contribution in [0.15, 0.2) is 6.07 Å². The van der Waals surface area contributed by atoms with Gasteiger partial charge in [0.2, 0.25) is 5.82 Å². The maximum atomic E-state index is 12.8. The summed E-state index contributed by atoms with van der Waals surface area (Å²) in [6.45, 7) is 1.32. The lowest BCUT2D eigenvalue weighted by Crippen LogP contribution is -1.98. The van der Waals surface area contributed by atoms with Crippen LogP contribution in [0, 0.1) is 24.4 Å². The standard InChI is InChI=1S/C8H7F3O/c1-4-5(9)3-6(10)7(11)8(4)12-2/h3H,1-2H3. The highest BCUT2D eigenvalue weighted by atomic mass is 19.2. The largest absolute Gasteiger partial charge is 0.493 e. The van der Waals surface area contributed by atoms with Crippen molar-refractivity contribution in [2.75, 3.05) is 7.11 Å². The first-order chi connectivity index (χ1) is 5.57. The zero-order valence-corrected chi connectivity index (χ0v) is 6.62. The van der Waals surface area contributed by atoms with Gasteiger partial charge < -0.3 is 4.74 Å². The van der Waals surface area contributed by atoms with E-state index in [2.05, 4.69) is 4.74 Å². The van der Waals surface area contributed by atoms with Gasteiger partial charge in [-0.25, -0.2) is 8.78 Å². The molecule has 0 radical (unpaired) electrons. The van der Waals surface area contributed by atoms with E-state index in [0.29, 0.717) is 6.07 Å². The third-order valence-corrected chi connectivity index (χ3v) is 1.57. The molecule has 0 N–H and O–H groups in total. The van der Waals surface area contributed by atoms with Crippen molar-refractivity contribution in [1.29, 1.82) is 0 Å². The zero-order chi connectivity index (χ0) is 9.30. The molecule has 0 aliphatic carbocycles. The maximum Gasteiger partial charge on any atom is 0.201 e. The molecule has 0 spiro atoms. The van der Waals surface area contributed by atoms with Gasteiger partial charge in [0, 0.05) is 11.6 Å². The third kappa shape index (κ3) is 1.24. The van der Waals surface area contributed by atoms with Crippen molar-refractivity contribution in [3.8, 4) is 5.75 Å². The van der Waals surface area contributed by atoms with E-state index in [9.17, 15) is 13.2 Å². The predicted octanol–water partition coefficient (Wildman–Crippen LogP) is 2.42. The molecule has 1 aromatic rings. The second-order valence-electron chi connectivity index (χ2n) is 2.31. The quantitative estimate of drug-likeness (QED) is 0.597. The predicted molar refractivity (Wildman–Crippen MR) is 37.6 cm³/mol. The van der Waals surface area contributed by atoms with Crippen LogP contribution in [0.4, 0.5) is 13.2 Å². The Balaban J connectivity index is 3.42. The van der Waals surface area contributed by atoms with Crippen LogP contribution in [0.2, 0.25) is 0 Å². The third-order valence-electron chi connectivity index (χ3n) is 1.57. The minimum Gasteiger partial charge on any atom is -0.493 e. The normalized spacial score (nSPS) is 10.1. The molecular weight excluding hydrogens is 169 g/mol. The van der Waals surface area contributed by atoms with E-state index in [4.69, 9.17) is 0 Å². The van der Waals surface area contributed by atoms with Crippen molar-refractivity contribution >= 4 is 0 Å². The Morgan fingerprint density at radius 2 is 1.75 bits per heavy atom. The number of hydrogen-bond acceptors (Lipinski definition) is 1. The maximum absolute atomic E-state index is 12.8. The summed E-state index contributed by atoms with van der Waals surface area (Å²) in [5, 5.41) is 0. The molecule has 0 aliphatic heterocycles. The molecule has 0 unspecified atom stereocenters. The second kappa shape index (κ2) is 3.05. The van der Waals surface area contributed by atoms with Crippen LogP contribution in [0.5, 0.6) is 5.75 Å². The molecule has 4 heteroatoms. The molecule has 0 amide bonds. The molecule has 0 saturated carbocycles. The van der Waals surface area contributed by atoms with Crippen LogP contribution < -0.4 is 4.74 Å². The van der Waals surface area contributed by atoms with E-state index in [1.807, 2.05) is 0 Å². The summed E-state index contributed by atoms with van der Waals surface area (Å²) in [7, 11) is 1.16. The van der Waals surface area contributed by atoms with Crippen molar-refractivity contribution in [2.45, 2.75) is 6.92 Å². The lowest BCUT2D eigenvalue weighted by atomic mass is 10.2. The van der Waals surface area contributed by atoms with Crippen molar-refractivity contribution in [3.05, 3.63) is 29.1 Å². The summed E-state index contributed by atoms with van der Waals surface area (Å²) < 4.78 is 42.5. The summed E-state index contributed by atoms with van der Waals surface area (Å²) in [6.07, 6.45) is 0. The molecule has 0 bridgehead atoms. The lowest BCUT2D eigenvalue weighted by molar-refractivity contribution is 0.362. The average molecular weight is 176 g/mol. The molecule has 12 heavy (non-hydrogen) atoms. The Labute approximate surface area is 67.8 Å². The fraction of sp³-hybridized carbons (Fsp3) is 0.250. The molecule has 66 valence electrons. The van der Waals surface area contributed by atoms with Crippen LogP contribution in [-0.4, -0.2) is 7.11 Å². The van der Waals surface area contributed by atoms with Crippen LogP contribution in [0.25, 0.3) is 0 Å². The smallest absolute Gasteiger partial charge is 0.201 e. The topological polar surface area (TPSA) is 9.23 Å². The summed E-state index contributed by atoms with van der Waals surface area (Å²) >= 11 is 0. The molecule has 0 saturated heterocycles. The van der Waals surface area contributed by atoms with Crippen molar-refractivity contribution in [3.63, 3.8) is 0 Å². The number of halogens is 3.